The molecule has 0 saturated carbocycles. The molecule has 4 heteroatoms. The third-order valence-electron chi connectivity index (χ3n) is 6.36. The summed E-state index contributed by atoms with van der Waals surface area (Å²) in [5.41, 5.74) is 8.32. The summed E-state index contributed by atoms with van der Waals surface area (Å²) in [6.45, 7) is 11.0. The Morgan fingerprint density at radius 2 is 1.69 bits per heavy atom. The summed E-state index contributed by atoms with van der Waals surface area (Å²) in [6, 6.07) is 13.0. The number of benzene rings is 2. The Balaban J connectivity index is 1.68. The molecule has 2 aliphatic rings. The van der Waals surface area contributed by atoms with Crippen LogP contribution in [0.3, 0.4) is 0 Å². The molecule has 0 aliphatic carbocycles. The summed E-state index contributed by atoms with van der Waals surface area (Å²) >= 11 is 0. The monoisotopic (exact) mass is 389 g/mol. The van der Waals surface area contributed by atoms with Crippen LogP contribution >= 0.6 is 0 Å². The number of hydrogen-bond acceptors (Lipinski definition) is 3. The third kappa shape index (κ3) is 4.13. The van der Waals surface area contributed by atoms with Gasteiger partial charge in [0.1, 0.15) is 0 Å². The van der Waals surface area contributed by atoms with E-state index in [0.717, 1.165) is 30.8 Å². The van der Waals surface area contributed by atoms with Gasteiger partial charge in [0, 0.05) is 6.42 Å². The summed E-state index contributed by atoms with van der Waals surface area (Å²) < 4.78 is 0. The molecule has 1 amide bonds. The van der Waals surface area contributed by atoms with E-state index in [9.17, 15) is 4.79 Å². The molecule has 1 fully saturated rings. The maximum Gasteiger partial charge on any atom is 0.257 e. The van der Waals surface area contributed by atoms with Crippen LogP contribution in [0.25, 0.3) is 0 Å². The second kappa shape index (κ2) is 8.11. The van der Waals surface area contributed by atoms with E-state index in [1.54, 1.807) is 5.01 Å². The van der Waals surface area contributed by atoms with Crippen molar-refractivity contribution in [2.24, 2.45) is 5.10 Å². The van der Waals surface area contributed by atoms with Gasteiger partial charge in [-0.05, 0) is 87.5 Å². The van der Waals surface area contributed by atoms with Gasteiger partial charge in [-0.15, -0.1) is 0 Å². The van der Waals surface area contributed by atoms with E-state index in [1.165, 1.54) is 40.7 Å². The average molecular weight is 390 g/mol. The van der Waals surface area contributed by atoms with Crippen molar-refractivity contribution in [2.45, 2.75) is 53.0 Å². The first kappa shape index (κ1) is 19.8. The Morgan fingerprint density at radius 3 is 2.41 bits per heavy atom. The van der Waals surface area contributed by atoms with Crippen molar-refractivity contribution in [3.8, 4) is 0 Å². The van der Waals surface area contributed by atoms with E-state index in [4.69, 9.17) is 5.10 Å². The number of amides is 1. The van der Waals surface area contributed by atoms with Crippen molar-refractivity contribution in [3.05, 3.63) is 69.8 Å². The van der Waals surface area contributed by atoms with E-state index in [-0.39, 0.29) is 11.9 Å². The van der Waals surface area contributed by atoms with Crippen LogP contribution < -0.4 is 0 Å². The van der Waals surface area contributed by atoms with Crippen LogP contribution in [0, 0.1) is 27.7 Å². The van der Waals surface area contributed by atoms with Crippen molar-refractivity contribution in [1.29, 1.82) is 0 Å². The number of carbonyl (C=O) groups is 1. The van der Waals surface area contributed by atoms with E-state index >= 15 is 0 Å². The summed E-state index contributed by atoms with van der Waals surface area (Å²) in [5.74, 6) is 0.108. The molecule has 1 atom stereocenters. The first-order chi connectivity index (χ1) is 13.9. The first-order valence-corrected chi connectivity index (χ1v) is 10.7. The average Bonchev–Trinajstić information content (AvgIpc) is 3.36. The number of rotatable bonds is 4. The normalized spacial score (nSPS) is 19.7. The standard InChI is InChI=1S/C25H31N3O/c1-17-7-8-19(3)22(13-17)24-15-23(21-10-9-18(2)20(4)14-21)26-28(24)25(29)16-27-11-5-6-12-27/h7-10,13-14,24H,5-6,11-12,15-16H2,1-4H3/t24-/m1/s1. The molecule has 0 bridgehead atoms. The topological polar surface area (TPSA) is 35.9 Å². The van der Waals surface area contributed by atoms with E-state index < -0.39 is 0 Å². The number of nitrogens with zero attached hydrogens (tertiary/aromatic N) is 3. The van der Waals surface area contributed by atoms with Gasteiger partial charge in [0.05, 0.1) is 18.3 Å². The first-order valence-electron chi connectivity index (χ1n) is 10.7. The fourth-order valence-corrected chi connectivity index (χ4v) is 4.40. The highest BCUT2D eigenvalue weighted by Crippen LogP contribution is 2.35. The zero-order valence-electron chi connectivity index (χ0n) is 18.0. The van der Waals surface area contributed by atoms with Crippen LogP contribution in [0.4, 0.5) is 0 Å². The molecule has 2 aromatic rings. The Hall–Kier alpha value is -2.46. The minimum absolute atomic E-state index is 0.0263. The Kier molecular flexibility index (Phi) is 5.55. The smallest absolute Gasteiger partial charge is 0.257 e. The largest absolute Gasteiger partial charge is 0.294 e. The van der Waals surface area contributed by atoms with Crippen molar-refractivity contribution in [1.82, 2.24) is 9.91 Å². The predicted octanol–water partition coefficient (Wildman–Crippen LogP) is 4.69. The zero-order valence-corrected chi connectivity index (χ0v) is 18.0. The molecule has 4 nitrogen and oxygen atoms in total. The molecular formula is C25H31N3O. The maximum atomic E-state index is 13.3. The summed E-state index contributed by atoms with van der Waals surface area (Å²) in [4.78, 5) is 15.5. The van der Waals surface area contributed by atoms with Gasteiger partial charge in [0.15, 0.2) is 0 Å². The second-order valence-corrected chi connectivity index (χ2v) is 8.65. The highest BCUT2D eigenvalue weighted by Gasteiger charge is 2.34. The molecule has 4 rings (SSSR count). The van der Waals surface area contributed by atoms with Crippen LogP contribution in [0.2, 0.25) is 0 Å². The van der Waals surface area contributed by atoms with E-state index in [1.807, 2.05) is 0 Å². The molecule has 0 radical (unpaired) electrons. The van der Waals surface area contributed by atoms with Gasteiger partial charge < -0.3 is 0 Å². The van der Waals surface area contributed by atoms with Crippen LogP contribution in [-0.2, 0) is 4.79 Å². The van der Waals surface area contributed by atoms with Gasteiger partial charge in [0.2, 0.25) is 0 Å². The van der Waals surface area contributed by atoms with Gasteiger partial charge in [-0.2, -0.15) is 5.10 Å². The molecule has 1 saturated heterocycles. The zero-order chi connectivity index (χ0) is 20.5. The quantitative estimate of drug-likeness (QED) is 0.760. The highest BCUT2D eigenvalue weighted by atomic mass is 16.2. The van der Waals surface area contributed by atoms with E-state index in [2.05, 4.69) is 69.0 Å². The number of hydrogen-bond donors (Lipinski definition) is 0. The van der Waals surface area contributed by atoms with Gasteiger partial charge in [-0.25, -0.2) is 5.01 Å². The molecule has 0 N–H and O–H groups in total. The Labute approximate surface area is 174 Å². The number of aryl methyl sites for hydroxylation is 4. The predicted molar refractivity (Wildman–Crippen MR) is 118 cm³/mol. The van der Waals surface area contributed by atoms with Gasteiger partial charge in [0.25, 0.3) is 5.91 Å². The third-order valence-corrected chi connectivity index (χ3v) is 6.36. The Bertz CT molecular complexity index is 957. The lowest BCUT2D eigenvalue weighted by molar-refractivity contribution is -0.134. The van der Waals surface area contributed by atoms with E-state index in [0.29, 0.717) is 6.54 Å². The molecule has 0 unspecified atom stereocenters. The highest BCUT2D eigenvalue weighted by molar-refractivity contribution is 6.03. The van der Waals surface area contributed by atoms with Crippen LogP contribution in [0.1, 0.15) is 58.7 Å². The lowest BCUT2D eigenvalue weighted by Gasteiger charge is -2.25. The molecule has 0 aromatic heterocycles. The van der Waals surface area contributed by atoms with Crippen LogP contribution in [0.5, 0.6) is 0 Å². The molecule has 2 heterocycles. The number of likely N-dealkylation sites (tertiary alicyclic amines) is 1. The van der Waals surface area contributed by atoms with Crippen molar-refractivity contribution < 1.29 is 4.79 Å². The fraction of sp³-hybridized carbons (Fsp3) is 0.440. The molecule has 29 heavy (non-hydrogen) atoms. The summed E-state index contributed by atoms with van der Waals surface area (Å²) in [6.07, 6.45) is 3.13. The minimum Gasteiger partial charge on any atom is -0.294 e. The van der Waals surface area contributed by atoms with Crippen molar-refractivity contribution in [2.75, 3.05) is 19.6 Å². The molecule has 2 aromatic carbocycles. The molecular weight excluding hydrogens is 358 g/mol. The molecule has 152 valence electrons. The SMILES string of the molecule is Cc1ccc(C)c([C@H]2CC(c3ccc(C)c(C)c3)=NN2C(=O)CN2CCCC2)c1. The number of carbonyl (C=O) groups excluding carboxylic acids is 1. The molecule has 0 spiro atoms. The minimum atomic E-state index is -0.0263. The fourth-order valence-electron chi connectivity index (χ4n) is 4.40. The Morgan fingerprint density at radius 1 is 0.966 bits per heavy atom. The number of hydrazone groups is 1. The van der Waals surface area contributed by atoms with Crippen molar-refractivity contribution in [3.63, 3.8) is 0 Å². The maximum absolute atomic E-state index is 13.3. The molecule has 2 aliphatic heterocycles. The van der Waals surface area contributed by atoms with Crippen molar-refractivity contribution >= 4 is 11.6 Å². The van der Waals surface area contributed by atoms with Gasteiger partial charge >= 0.3 is 0 Å². The van der Waals surface area contributed by atoms with Gasteiger partial charge in [-0.1, -0.05) is 35.9 Å². The lowest BCUT2D eigenvalue weighted by Crippen LogP contribution is -2.37. The van der Waals surface area contributed by atoms with Gasteiger partial charge in [-0.3, -0.25) is 9.69 Å². The van der Waals surface area contributed by atoms with Crippen LogP contribution in [-0.4, -0.2) is 41.2 Å². The lowest BCUT2D eigenvalue weighted by atomic mass is 9.93. The second-order valence-electron chi connectivity index (χ2n) is 8.65. The van der Waals surface area contributed by atoms with Crippen LogP contribution in [0.15, 0.2) is 41.5 Å². The summed E-state index contributed by atoms with van der Waals surface area (Å²) in [7, 11) is 0. The summed E-state index contributed by atoms with van der Waals surface area (Å²) in [5, 5.41) is 6.64.